The molecule has 1 aromatic carbocycles. The average Bonchev–Trinajstić information content (AvgIpc) is 2.42. The third-order valence-electron chi connectivity index (χ3n) is 2.69. The van der Waals surface area contributed by atoms with Crippen molar-refractivity contribution in [3.63, 3.8) is 0 Å². The van der Waals surface area contributed by atoms with Gasteiger partial charge < -0.3 is 10.1 Å². The molecule has 0 heterocycles. The van der Waals surface area contributed by atoms with Gasteiger partial charge in [-0.25, -0.2) is 8.42 Å². The van der Waals surface area contributed by atoms with E-state index >= 15 is 0 Å². The van der Waals surface area contributed by atoms with Gasteiger partial charge in [0.25, 0.3) is 0 Å². The third-order valence-corrected chi connectivity index (χ3v) is 4.06. The highest BCUT2D eigenvalue weighted by Gasteiger charge is 2.09. The molecule has 114 valence electrons. The first-order valence-electron chi connectivity index (χ1n) is 6.95. The van der Waals surface area contributed by atoms with Crippen molar-refractivity contribution in [3.8, 4) is 5.75 Å². The van der Waals surface area contributed by atoms with Gasteiger partial charge in [-0.15, -0.1) is 0 Å². The van der Waals surface area contributed by atoms with Crippen LogP contribution < -0.4 is 14.8 Å². The molecule has 0 bridgehead atoms. The lowest BCUT2D eigenvalue weighted by Crippen LogP contribution is -2.18. The Hall–Kier alpha value is -1.27. The molecule has 6 heteroatoms. The maximum Gasteiger partial charge on any atom is 0.232 e. The summed E-state index contributed by atoms with van der Waals surface area (Å²) >= 11 is 0. The average molecular weight is 300 g/mol. The first-order chi connectivity index (χ1) is 9.57. The molecule has 0 aliphatic heterocycles. The minimum absolute atomic E-state index is 0.142. The predicted octanol–water partition coefficient (Wildman–Crippen LogP) is 2.22. The summed E-state index contributed by atoms with van der Waals surface area (Å²) in [6.07, 6.45) is 2.44. The lowest BCUT2D eigenvalue weighted by Gasteiger charge is -2.09. The fourth-order valence-corrected chi connectivity index (χ4v) is 2.84. The zero-order valence-electron chi connectivity index (χ0n) is 12.2. The van der Waals surface area contributed by atoms with E-state index in [9.17, 15) is 8.42 Å². The number of sulfonamides is 1. The van der Waals surface area contributed by atoms with Crippen LogP contribution in [0.1, 0.15) is 26.2 Å². The summed E-state index contributed by atoms with van der Waals surface area (Å²) in [5.41, 5.74) is 0.572. The maximum atomic E-state index is 11.9. The van der Waals surface area contributed by atoms with Crippen LogP contribution in [0.3, 0.4) is 0 Å². The smallest absolute Gasteiger partial charge is 0.232 e. The Morgan fingerprint density at radius 2 is 1.85 bits per heavy atom. The van der Waals surface area contributed by atoms with Gasteiger partial charge in [-0.1, -0.05) is 6.92 Å². The van der Waals surface area contributed by atoms with Gasteiger partial charge in [0.2, 0.25) is 10.0 Å². The van der Waals surface area contributed by atoms with E-state index < -0.39 is 10.0 Å². The van der Waals surface area contributed by atoms with Gasteiger partial charge in [-0.3, -0.25) is 4.72 Å². The van der Waals surface area contributed by atoms with Crippen molar-refractivity contribution in [3.05, 3.63) is 24.3 Å². The van der Waals surface area contributed by atoms with Crippen molar-refractivity contribution in [2.45, 2.75) is 26.2 Å². The molecule has 0 unspecified atom stereocenters. The molecule has 0 aromatic heterocycles. The second-order valence-electron chi connectivity index (χ2n) is 4.60. The molecular formula is C14H24N2O3S. The van der Waals surface area contributed by atoms with Crippen molar-refractivity contribution in [2.75, 3.05) is 30.7 Å². The number of hydrogen-bond acceptors (Lipinski definition) is 4. The first kappa shape index (κ1) is 16.8. The quantitative estimate of drug-likeness (QED) is 0.650. The summed E-state index contributed by atoms with van der Waals surface area (Å²) in [5, 5.41) is 3.00. The molecular weight excluding hydrogens is 276 g/mol. The second kappa shape index (κ2) is 8.81. The lowest BCUT2D eigenvalue weighted by atomic mass is 10.3. The van der Waals surface area contributed by atoms with Gasteiger partial charge in [0, 0.05) is 5.69 Å². The molecule has 0 aliphatic rings. The Morgan fingerprint density at radius 1 is 1.15 bits per heavy atom. The SMILES string of the molecule is CCCOc1ccc(NS(=O)(=O)CCCCNC)cc1. The summed E-state index contributed by atoms with van der Waals surface area (Å²) in [5.74, 6) is 0.895. The van der Waals surface area contributed by atoms with Gasteiger partial charge in [0.1, 0.15) is 5.75 Å². The zero-order valence-corrected chi connectivity index (χ0v) is 13.0. The van der Waals surface area contributed by atoms with E-state index in [0.29, 0.717) is 18.7 Å². The van der Waals surface area contributed by atoms with Crippen molar-refractivity contribution in [2.24, 2.45) is 0 Å². The Bertz CT molecular complexity index is 472. The lowest BCUT2D eigenvalue weighted by molar-refractivity contribution is 0.317. The second-order valence-corrected chi connectivity index (χ2v) is 6.45. The van der Waals surface area contributed by atoms with E-state index in [0.717, 1.165) is 25.1 Å². The Labute approximate surface area is 121 Å². The van der Waals surface area contributed by atoms with Crippen molar-refractivity contribution in [1.82, 2.24) is 5.32 Å². The van der Waals surface area contributed by atoms with Gasteiger partial charge in [-0.05, 0) is 57.1 Å². The molecule has 0 aliphatic carbocycles. The molecule has 1 aromatic rings. The topological polar surface area (TPSA) is 67.4 Å². The van der Waals surface area contributed by atoms with Crippen LogP contribution in [0.25, 0.3) is 0 Å². The molecule has 0 amide bonds. The highest BCUT2D eigenvalue weighted by atomic mass is 32.2. The van der Waals surface area contributed by atoms with Crippen LogP contribution in [-0.2, 0) is 10.0 Å². The maximum absolute atomic E-state index is 11.9. The molecule has 0 fully saturated rings. The fourth-order valence-electron chi connectivity index (χ4n) is 1.66. The van der Waals surface area contributed by atoms with E-state index in [2.05, 4.69) is 10.0 Å². The highest BCUT2D eigenvalue weighted by molar-refractivity contribution is 7.92. The molecule has 20 heavy (non-hydrogen) atoms. The van der Waals surface area contributed by atoms with Crippen LogP contribution in [0.5, 0.6) is 5.75 Å². The Kier molecular flexibility index (Phi) is 7.40. The largest absolute Gasteiger partial charge is 0.494 e. The van der Waals surface area contributed by atoms with Crippen molar-refractivity contribution < 1.29 is 13.2 Å². The first-order valence-corrected chi connectivity index (χ1v) is 8.60. The summed E-state index contributed by atoms with van der Waals surface area (Å²) in [4.78, 5) is 0. The van der Waals surface area contributed by atoms with Gasteiger partial charge >= 0.3 is 0 Å². The summed E-state index contributed by atoms with van der Waals surface area (Å²) < 4.78 is 31.7. The number of anilines is 1. The number of rotatable bonds is 10. The summed E-state index contributed by atoms with van der Waals surface area (Å²) in [6.45, 7) is 3.53. The van der Waals surface area contributed by atoms with Crippen LogP contribution >= 0.6 is 0 Å². The molecule has 0 saturated carbocycles. The predicted molar refractivity (Wildman–Crippen MR) is 82.8 cm³/mol. The minimum Gasteiger partial charge on any atom is -0.494 e. The van der Waals surface area contributed by atoms with E-state index in [-0.39, 0.29) is 5.75 Å². The van der Waals surface area contributed by atoms with E-state index in [1.54, 1.807) is 24.3 Å². The molecule has 1 rings (SSSR count). The standard InChI is InChI=1S/C14H24N2O3S/c1-3-11-19-14-8-6-13(7-9-14)16-20(17,18)12-5-4-10-15-2/h6-9,15-16H,3-5,10-12H2,1-2H3. The number of nitrogens with one attached hydrogen (secondary N) is 2. The number of benzene rings is 1. The minimum atomic E-state index is -3.26. The normalized spacial score (nSPS) is 11.3. The van der Waals surface area contributed by atoms with Gasteiger partial charge in [0.05, 0.1) is 12.4 Å². The van der Waals surface area contributed by atoms with Crippen LogP contribution in [0.15, 0.2) is 24.3 Å². The van der Waals surface area contributed by atoms with Crippen LogP contribution in [0.2, 0.25) is 0 Å². The van der Waals surface area contributed by atoms with Crippen LogP contribution in [0, 0.1) is 0 Å². The highest BCUT2D eigenvalue weighted by Crippen LogP contribution is 2.17. The Balaban J connectivity index is 2.46. The fraction of sp³-hybridized carbons (Fsp3) is 0.571. The number of ether oxygens (including phenoxy) is 1. The van der Waals surface area contributed by atoms with Gasteiger partial charge in [0.15, 0.2) is 0 Å². The third kappa shape index (κ3) is 6.77. The number of unbranched alkanes of at least 4 members (excludes halogenated alkanes) is 1. The van der Waals surface area contributed by atoms with E-state index in [1.165, 1.54) is 0 Å². The van der Waals surface area contributed by atoms with E-state index in [4.69, 9.17) is 4.74 Å². The zero-order chi connectivity index (χ0) is 14.8. The number of hydrogen-bond donors (Lipinski definition) is 2. The molecule has 0 atom stereocenters. The monoisotopic (exact) mass is 300 g/mol. The summed E-state index contributed by atoms with van der Waals surface area (Å²) in [7, 11) is -1.41. The van der Waals surface area contributed by atoms with Crippen molar-refractivity contribution >= 4 is 15.7 Å². The molecule has 0 radical (unpaired) electrons. The molecule has 2 N–H and O–H groups in total. The molecule has 5 nitrogen and oxygen atoms in total. The van der Waals surface area contributed by atoms with Crippen LogP contribution in [-0.4, -0.2) is 34.4 Å². The van der Waals surface area contributed by atoms with Crippen LogP contribution in [0.4, 0.5) is 5.69 Å². The van der Waals surface area contributed by atoms with Gasteiger partial charge in [-0.2, -0.15) is 0 Å². The van der Waals surface area contributed by atoms with E-state index in [1.807, 2.05) is 14.0 Å². The Morgan fingerprint density at radius 3 is 2.45 bits per heavy atom. The molecule has 0 saturated heterocycles. The molecule has 0 spiro atoms. The summed E-state index contributed by atoms with van der Waals surface area (Å²) in [6, 6.07) is 6.98. The van der Waals surface area contributed by atoms with Crippen molar-refractivity contribution in [1.29, 1.82) is 0 Å².